The van der Waals surface area contributed by atoms with Gasteiger partial charge in [-0.3, -0.25) is 0 Å². The maximum atomic E-state index is 5.63. The zero-order chi connectivity index (χ0) is 10.5. The number of hydrogen-bond acceptors (Lipinski definition) is 2. The lowest BCUT2D eigenvalue weighted by Gasteiger charge is -2.04. The van der Waals surface area contributed by atoms with Crippen molar-refractivity contribution in [1.82, 2.24) is 0 Å². The van der Waals surface area contributed by atoms with Gasteiger partial charge in [0.1, 0.15) is 5.75 Å². The van der Waals surface area contributed by atoms with Gasteiger partial charge in [-0.15, -0.1) is 0 Å². The molecule has 1 aromatic rings. The molecule has 1 aliphatic heterocycles. The Hall–Kier alpha value is -1.83. The molecule has 1 aliphatic rings. The van der Waals surface area contributed by atoms with E-state index in [1.807, 2.05) is 49.4 Å². The number of hydrogen-bond donors (Lipinski definition) is 0. The van der Waals surface area contributed by atoms with E-state index < -0.39 is 0 Å². The third-order valence-electron chi connectivity index (χ3n) is 2.05. The summed E-state index contributed by atoms with van der Waals surface area (Å²) in [7, 11) is 0. The highest BCUT2D eigenvalue weighted by Gasteiger charge is 2.00. The second-order valence-corrected chi connectivity index (χ2v) is 3.40. The van der Waals surface area contributed by atoms with E-state index in [2.05, 4.69) is 11.1 Å². The minimum absolute atomic E-state index is 0.646. The Morgan fingerprint density at radius 1 is 1.20 bits per heavy atom. The molecule has 0 saturated heterocycles. The molecule has 1 aromatic carbocycles. The molecular formula is C13H13NO. The lowest BCUT2D eigenvalue weighted by atomic mass is 10.3. The first kappa shape index (κ1) is 9.71. The number of para-hydroxylation sites is 1. The molecule has 0 radical (unpaired) electrons. The van der Waals surface area contributed by atoms with Gasteiger partial charge < -0.3 is 4.74 Å². The summed E-state index contributed by atoms with van der Waals surface area (Å²) in [6.45, 7) is 2.00. The van der Waals surface area contributed by atoms with Crippen LogP contribution in [0.1, 0.15) is 13.3 Å². The molecule has 0 saturated carbocycles. The Bertz CT molecular complexity index is 415. The van der Waals surface area contributed by atoms with E-state index in [4.69, 9.17) is 4.74 Å². The Kier molecular flexibility index (Phi) is 2.98. The lowest BCUT2D eigenvalue weighted by molar-refractivity contribution is 0.421. The zero-order valence-electron chi connectivity index (χ0n) is 8.68. The number of rotatable bonds is 2. The molecule has 0 bridgehead atoms. The molecule has 0 N–H and O–H groups in total. The first-order valence-electron chi connectivity index (χ1n) is 4.98. The number of allylic oxidation sites excluding steroid dienone is 3. The van der Waals surface area contributed by atoms with Gasteiger partial charge in [-0.2, -0.15) is 0 Å². The highest BCUT2D eigenvalue weighted by atomic mass is 16.5. The number of aliphatic imine (C=N–C) groups is 1. The van der Waals surface area contributed by atoms with Crippen molar-refractivity contribution in [2.45, 2.75) is 13.3 Å². The van der Waals surface area contributed by atoms with Crippen molar-refractivity contribution >= 4 is 5.71 Å². The van der Waals surface area contributed by atoms with Crippen molar-refractivity contribution in [3.8, 4) is 5.75 Å². The van der Waals surface area contributed by atoms with E-state index in [1.165, 1.54) is 0 Å². The largest absolute Gasteiger partial charge is 0.439 e. The quantitative estimate of drug-likeness (QED) is 0.716. The molecule has 15 heavy (non-hydrogen) atoms. The fourth-order valence-electron chi connectivity index (χ4n) is 1.33. The Morgan fingerprint density at radius 3 is 2.80 bits per heavy atom. The van der Waals surface area contributed by atoms with Crippen LogP contribution in [0.3, 0.4) is 0 Å². The van der Waals surface area contributed by atoms with E-state index in [0.29, 0.717) is 5.88 Å². The third kappa shape index (κ3) is 2.81. The van der Waals surface area contributed by atoms with Crippen LogP contribution in [0.5, 0.6) is 5.75 Å². The Balaban J connectivity index is 2.15. The second-order valence-electron chi connectivity index (χ2n) is 3.40. The highest BCUT2D eigenvalue weighted by Crippen LogP contribution is 2.15. The molecule has 0 fully saturated rings. The second kappa shape index (κ2) is 4.60. The van der Waals surface area contributed by atoms with Crippen molar-refractivity contribution in [1.29, 1.82) is 0 Å². The van der Waals surface area contributed by atoms with Crippen LogP contribution in [0.4, 0.5) is 0 Å². The van der Waals surface area contributed by atoms with Crippen LogP contribution < -0.4 is 4.74 Å². The van der Waals surface area contributed by atoms with Crippen molar-refractivity contribution in [3.63, 3.8) is 0 Å². The number of nitrogens with zero attached hydrogens (tertiary/aromatic N) is 1. The monoisotopic (exact) mass is 199 g/mol. The van der Waals surface area contributed by atoms with E-state index in [9.17, 15) is 0 Å². The molecule has 0 aliphatic carbocycles. The highest BCUT2D eigenvalue weighted by molar-refractivity contribution is 5.84. The molecule has 0 unspecified atom stereocenters. The van der Waals surface area contributed by atoms with Gasteiger partial charge in [-0.05, 0) is 19.1 Å². The topological polar surface area (TPSA) is 21.6 Å². The molecule has 0 aromatic heterocycles. The maximum Gasteiger partial charge on any atom is 0.219 e. The van der Waals surface area contributed by atoms with E-state index in [0.717, 1.165) is 17.9 Å². The van der Waals surface area contributed by atoms with Gasteiger partial charge >= 0.3 is 0 Å². The maximum absolute atomic E-state index is 5.63. The Morgan fingerprint density at radius 2 is 2.00 bits per heavy atom. The van der Waals surface area contributed by atoms with Crippen LogP contribution >= 0.6 is 0 Å². The fourth-order valence-corrected chi connectivity index (χ4v) is 1.33. The first-order valence-corrected chi connectivity index (χ1v) is 4.98. The van der Waals surface area contributed by atoms with Crippen molar-refractivity contribution in [3.05, 3.63) is 54.4 Å². The van der Waals surface area contributed by atoms with E-state index in [1.54, 1.807) is 0 Å². The molecule has 2 nitrogen and oxygen atoms in total. The summed E-state index contributed by atoms with van der Waals surface area (Å²) in [5.41, 5.74) is 1.06. The van der Waals surface area contributed by atoms with Gasteiger partial charge in [0.05, 0.1) is 0 Å². The molecule has 1 heterocycles. The summed E-state index contributed by atoms with van der Waals surface area (Å²) in [5.74, 6) is 1.46. The van der Waals surface area contributed by atoms with Gasteiger partial charge in [-0.1, -0.05) is 30.4 Å². The first-order chi connectivity index (χ1) is 7.34. The van der Waals surface area contributed by atoms with E-state index in [-0.39, 0.29) is 0 Å². The van der Waals surface area contributed by atoms with Crippen LogP contribution in [-0.4, -0.2) is 5.71 Å². The normalized spacial score (nSPS) is 15.3. The molecule has 2 heteroatoms. The summed E-state index contributed by atoms with van der Waals surface area (Å²) in [4.78, 5) is 4.36. The summed E-state index contributed by atoms with van der Waals surface area (Å²) in [6, 6.07) is 9.68. The molecule has 0 atom stereocenters. The van der Waals surface area contributed by atoms with Crippen LogP contribution in [-0.2, 0) is 0 Å². The molecule has 0 amide bonds. The summed E-state index contributed by atoms with van der Waals surface area (Å²) in [6.07, 6.45) is 6.81. The average Bonchev–Trinajstić information content (AvgIpc) is 2.44. The predicted molar refractivity (Wildman–Crippen MR) is 62.0 cm³/mol. The van der Waals surface area contributed by atoms with Crippen LogP contribution in [0.15, 0.2) is 59.4 Å². The molecule has 0 spiro atoms. The van der Waals surface area contributed by atoms with Gasteiger partial charge in [0.15, 0.2) is 0 Å². The van der Waals surface area contributed by atoms with Crippen LogP contribution in [0.25, 0.3) is 0 Å². The number of ether oxygens (including phenoxy) is 1. The van der Waals surface area contributed by atoms with Crippen molar-refractivity contribution in [2.75, 3.05) is 0 Å². The van der Waals surface area contributed by atoms with Crippen molar-refractivity contribution in [2.24, 2.45) is 4.99 Å². The number of benzene rings is 1. The van der Waals surface area contributed by atoms with Gasteiger partial charge in [0.2, 0.25) is 5.88 Å². The van der Waals surface area contributed by atoms with Gasteiger partial charge in [-0.25, -0.2) is 4.99 Å². The molecule has 2 rings (SSSR count). The standard InChI is InChI=1S/C13H13NO/c1-11-7-5-6-10-13(14-11)15-12-8-3-2-4-9-12/h2-6,8-10H,7H2,1H3. The predicted octanol–water partition coefficient (Wildman–Crippen LogP) is 3.33. The molecule has 76 valence electrons. The van der Waals surface area contributed by atoms with E-state index >= 15 is 0 Å². The zero-order valence-corrected chi connectivity index (χ0v) is 8.68. The third-order valence-corrected chi connectivity index (χ3v) is 2.05. The Labute approximate surface area is 89.6 Å². The average molecular weight is 199 g/mol. The van der Waals surface area contributed by atoms with Crippen molar-refractivity contribution < 1.29 is 4.74 Å². The summed E-state index contributed by atoms with van der Waals surface area (Å²) in [5, 5.41) is 0. The smallest absolute Gasteiger partial charge is 0.219 e. The van der Waals surface area contributed by atoms with Crippen LogP contribution in [0.2, 0.25) is 0 Å². The lowest BCUT2D eigenvalue weighted by Crippen LogP contribution is -1.95. The SMILES string of the molecule is CC1=NC(Oc2ccccc2)=CC=CC1. The summed E-state index contributed by atoms with van der Waals surface area (Å²) < 4.78 is 5.63. The molecular weight excluding hydrogens is 186 g/mol. The van der Waals surface area contributed by atoms with Crippen LogP contribution in [0, 0.1) is 0 Å². The minimum atomic E-state index is 0.646. The fraction of sp³-hybridized carbons (Fsp3) is 0.154. The minimum Gasteiger partial charge on any atom is -0.439 e. The van der Waals surface area contributed by atoms with Gasteiger partial charge in [0.25, 0.3) is 0 Å². The van der Waals surface area contributed by atoms with Gasteiger partial charge in [0, 0.05) is 18.2 Å². The summed E-state index contributed by atoms with van der Waals surface area (Å²) >= 11 is 0.